The molecule has 0 amide bonds. The molecular formula is C71H124O6S. The number of phenols is 2. The lowest BCUT2D eigenvalue weighted by atomic mass is 9.71. The number of unbranched alkanes of at least 4 members (excludes halogenated alkanes) is 31. The number of esters is 1. The first-order valence-electron chi connectivity index (χ1n) is 32.6. The van der Waals surface area contributed by atoms with Crippen LogP contribution in [0.2, 0.25) is 0 Å². The summed E-state index contributed by atoms with van der Waals surface area (Å²) >= 11 is 5.31. The smallest absolute Gasteiger partial charge is 0.325 e. The molecule has 0 heterocycles. The molecular weight excluding hydrogens is 981 g/mol. The third-order valence-corrected chi connectivity index (χ3v) is 17.3. The van der Waals surface area contributed by atoms with Crippen LogP contribution in [0.1, 0.15) is 355 Å². The maximum atomic E-state index is 15.6. The Morgan fingerprint density at radius 1 is 0.385 bits per heavy atom. The Bertz CT molecular complexity index is 1820. The molecule has 0 spiro atoms. The largest absolute Gasteiger partial charge is 0.507 e. The van der Waals surface area contributed by atoms with Crippen LogP contribution in [0.15, 0.2) is 24.3 Å². The molecule has 0 fully saturated rings. The summed E-state index contributed by atoms with van der Waals surface area (Å²) in [6.45, 7) is 29.1. The van der Waals surface area contributed by atoms with Crippen LogP contribution in [0.25, 0.3) is 0 Å². The Kier molecular flexibility index (Phi) is 33.0. The summed E-state index contributed by atoms with van der Waals surface area (Å²) in [6, 6.07) is 7.59. The summed E-state index contributed by atoms with van der Waals surface area (Å²) in [6.07, 6.45) is 42.9. The molecule has 3 N–H and O–H groups in total. The van der Waals surface area contributed by atoms with Gasteiger partial charge in [0, 0.05) is 0 Å². The number of carboxylic acid groups (broad SMARTS) is 1. The fourth-order valence-corrected chi connectivity index (χ4v) is 12.0. The molecule has 1 atom stereocenters. The first-order valence-corrected chi connectivity index (χ1v) is 33.0. The van der Waals surface area contributed by atoms with E-state index in [1.54, 1.807) is 0 Å². The standard InChI is InChI=1S/C71H124O6S/c1-15-17-19-21-23-25-27-29-31-33-35-37-39-41-43-45-47-49-71(78,48-46-44-42-40-38-36-34-32-30-28-26-24-22-20-18-16-2)77-65(76)70(64(74)75,54-56-50-58(66(3,4)5)62(72)59(51-56)67(6,7)8)55-57-52-60(68(9,10)11)63(73)61(53-57)69(12,13)14/h50-53,72-73,78H,15-49,54-55H2,1-14H3,(H,74,75). The van der Waals surface area contributed by atoms with Crippen molar-refractivity contribution in [2.45, 2.75) is 361 Å². The van der Waals surface area contributed by atoms with Gasteiger partial charge >= 0.3 is 11.9 Å². The molecule has 0 saturated heterocycles. The third kappa shape index (κ3) is 26.9. The van der Waals surface area contributed by atoms with Gasteiger partial charge in [-0.3, -0.25) is 9.59 Å². The molecule has 2 aromatic carbocycles. The number of hydrogen-bond donors (Lipinski definition) is 4. The first kappa shape index (κ1) is 71.4. The van der Waals surface area contributed by atoms with E-state index in [0.717, 1.165) is 38.5 Å². The first-order chi connectivity index (χ1) is 36.6. The quantitative estimate of drug-likeness (QED) is 0.0174. The molecule has 7 heteroatoms. The normalized spacial score (nSPS) is 13.5. The molecule has 6 nitrogen and oxygen atoms in total. The molecule has 2 aromatic rings. The minimum Gasteiger partial charge on any atom is -0.507 e. The predicted molar refractivity (Wildman–Crippen MR) is 339 cm³/mol. The zero-order valence-corrected chi connectivity index (χ0v) is 54.4. The number of carbonyl (C=O) groups is 2. The average Bonchev–Trinajstić information content (AvgIpc) is 3.34. The van der Waals surface area contributed by atoms with Crippen molar-refractivity contribution >= 4 is 24.6 Å². The highest BCUT2D eigenvalue weighted by Crippen LogP contribution is 2.45. The van der Waals surface area contributed by atoms with Crippen molar-refractivity contribution in [1.82, 2.24) is 0 Å². The van der Waals surface area contributed by atoms with Gasteiger partial charge in [-0.1, -0.05) is 320 Å². The van der Waals surface area contributed by atoms with E-state index in [1.165, 1.54) is 173 Å². The number of hydrogen-bond acceptors (Lipinski definition) is 6. The van der Waals surface area contributed by atoms with E-state index in [-0.39, 0.29) is 24.3 Å². The van der Waals surface area contributed by atoms with Crippen molar-refractivity contribution in [3.05, 3.63) is 57.6 Å². The van der Waals surface area contributed by atoms with Gasteiger partial charge in [0.1, 0.15) is 11.5 Å². The Labute approximate surface area is 487 Å². The fourth-order valence-electron chi connectivity index (χ4n) is 11.6. The number of aliphatic carboxylic acids is 1. The molecule has 0 radical (unpaired) electrons. The minimum absolute atomic E-state index is 0.147. The number of carboxylic acids is 1. The summed E-state index contributed by atoms with van der Waals surface area (Å²) in [5.41, 5.74) is 0.219. The Hall–Kier alpha value is -2.67. The SMILES string of the molecule is CCCCCCCCCCCCCCCCCCCC(S)(CCCCCCCCCCCCCCCCCC)OC(=O)C(Cc1cc(C(C)(C)C)c(O)c(C(C)(C)C)c1)(Cc1cc(C(C)(C)C)c(O)c(C(C)(C)C)c1)C(=O)O. The number of ether oxygens (including phenoxy) is 1. The Balaban J connectivity index is 2.41. The second kappa shape index (κ2) is 36.0. The summed E-state index contributed by atoms with van der Waals surface area (Å²) in [4.78, 5) is 28.9. The van der Waals surface area contributed by atoms with E-state index < -0.39 is 43.9 Å². The Morgan fingerprint density at radius 2 is 0.590 bits per heavy atom. The summed E-state index contributed by atoms with van der Waals surface area (Å²) < 4.78 is 6.75. The van der Waals surface area contributed by atoms with E-state index in [9.17, 15) is 20.1 Å². The van der Waals surface area contributed by atoms with Crippen LogP contribution in [0.5, 0.6) is 11.5 Å². The van der Waals surface area contributed by atoms with Crippen molar-refractivity contribution in [3.63, 3.8) is 0 Å². The average molecular weight is 1110 g/mol. The number of rotatable bonds is 42. The Morgan fingerprint density at radius 3 is 0.782 bits per heavy atom. The van der Waals surface area contributed by atoms with Gasteiger partial charge in [-0.15, -0.1) is 12.6 Å². The lowest BCUT2D eigenvalue weighted by Crippen LogP contribution is -2.47. The van der Waals surface area contributed by atoms with E-state index in [2.05, 4.69) is 13.8 Å². The maximum Gasteiger partial charge on any atom is 0.325 e. The van der Waals surface area contributed by atoms with Gasteiger partial charge < -0.3 is 20.1 Å². The van der Waals surface area contributed by atoms with Crippen LogP contribution < -0.4 is 0 Å². The van der Waals surface area contributed by atoms with E-state index in [4.69, 9.17) is 17.4 Å². The molecule has 450 valence electrons. The fraction of sp³-hybridized carbons (Fsp3) is 0.803. The molecule has 0 aliphatic heterocycles. The van der Waals surface area contributed by atoms with Crippen molar-refractivity contribution < 1.29 is 29.6 Å². The molecule has 0 saturated carbocycles. The van der Waals surface area contributed by atoms with Crippen molar-refractivity contribution in [2.24, 2.45) is 5.41 Å². The topological polar surface area (TPSA) is 104 Å². The number of carbonyl (C=O) groups excluding carboxylic acids is 1. The molecule has 2 rings (SSSR count). The molecule has 0 aliphatic rings. The summed E-state index contributed by atoms with van der Waals surface area (Å²) in [5, 5.41) is 35.3. The minimum atomic E-state index is -2.06. The number of thiol groups is 1. The highest BCUT2D eigenvalue weighted by Gasteiger charge is 2.51. The van der Waals surface area contributed by atoms with Crippen LogP contribution in [0, 0.1) is 5.41 Å². The van der Waals surface area contributed by atoms with Gasteiger partial charge in [-0.25, -0.2) is 0 Å². The molecule has 0 aromatic heterocycles. The van der Waals surface area contributed by atoms with Gasteiger partial charge in [0.05, 0.1) is 0 Å². The van der Waals surface area contributed by atoms with E-state index in [0.29, 0.717) is 46.2 Å². The molecule has 78 heavy (non-hydrogen) atoms. The van der Waals surface area contributed by atoms with Gasteiger partial charge in [0.2, 0.25) is 0 Å². The van der Waals surface area contributed by atoms with E-state index in [1.807, 2.05) is 107 Å². The molecule has 0 aliphatic carbocycles. The molecule has 0 bridgehead atoms. The monoisotopic (exact) mass is 1100 g/mol. The van der Waals surface area contributed by atoms with E-state index >= 15 is 4.79 Å². The lowest BCUT2D eigenvalue weighted by Gasteiger charge is -2.36. The van der Waals surface area contributed by atoms with Crippen LogP contribution in [-0.4, -0.2) is 32.2 Å². The lowest BCUT2D eigenvalue weighted by molar-refractivity contribution is -0.175. The van der Waals surface area contributed by atoms with Crippen LogP contribution in [0.4, 0.5) is 0 Å². The summed E-state index contributed by atoms with van der Waals surface area (Å²) in [7, 11) is 0. The van der Waals surface area contributed by atoms with Crippen molar-refractivity contribution in [1.29, 1.82) is 0 Å². The highest BCUT2D eigenvalue weighted by atomic mass is 32.1. The number of benzene rings is 2. The van der Waals surface area contributed by atoms with Gasteiger partial charge in [0.25, 0.3) is 0 Å². The highest BCUT2D eigenvalue weighted by molar-refractivity contribution is 7.81. The van der Waals surface area contributed by atoms with Gasteiger partial charge in [0.15, 0.2) is 10.3 Å². The van der Waals surface area contributed by atoms with Crippen LogP contribution in [-0.2, 0) is 48.8 Å². The molecule has 1 unspecified atom stereocenters. The van der Waals surface area contributed by atoms with Gasteiger partial charge in [-0.05, 0) is 93.6 Å². The number of aromatic hydroxyl groups is 2. The van der Waals surface area contributed by atoms with Crippen LogP contribution >= 0.6 is 12.6 Å². The van der Waals surface area contributed by atoms with Gasteiger partial charge in [-0.2, -0.15) is 0 Å². The third-order valence-electron chi connectivity index (χ3n) is 16.8. The zero-order chi connectivity index (χ0) is 58.5. The zero-order valence-electron chi connectivity index (χ0n) is 53.5. The van der Waals surface area contributed by atoms with Crippen molar-refractivity contribution in [3.8, 4) is 11.5 Å². The second-order valence-corrected chi connectivity index (χ2v) is 29.4. The van der Waals surface area contributed by atoms with Crippen LogP contribution in [0.3, 0.4) is 0 Å². The second-order valence-electron chi connectivity index (χ2n) is 28.6. The van der Waals surface area contributed by atoms with Crippen molar-refractivity contribution in [2.75, 3.05) is 0 Å². The summed E-state index contributed by atoms with van der Waals surface area (Å²) in [5.74, 6) is -1.63. The maximum absolute atomic E-state index is 15.6. The number of phenolic OH excluding ortho intramolecular Hbond substituents is 2. The predicted octanol–water partition coefficient (Wildman–Crippen LogP) is 22.0.